The van der Waals surface area contributed by atoms with Crippen molar-refractivity contribution in [3.05, 3.63) is 77.1 Å². The highest BCUT2D eigenvalue weighted by Crippen LogP contribution is 2.53. The van der Waals surface area contributed by atoms with E-state index in [2.05, 4.69) is 17.1 Å². The first-order valence-electron chi connectivity index (χ1n) is 18.2. The van der Waals surface area contributed by atoms with Gasteiger partial charge in [-0.1, -0.05) is 36.2 Å². The number of aliphatic hydroxyl groups excluding tert-OH is 6. The molecule has 290 valence electrons. The third-order valence-corrected chi connectivity index (χ3v) is 10.9. The third-order valence-electron chi connectivity index (χ3n) is 9.43. The van der Waals surface area contributed by atoms with Gasteiger partial charge in [-0.2, -0.15) is 0 Å². The summed E-state index contributed by atoms with van der Waals surface area (Å²) in [5.41, 5.74) is 3.62. The fraction of sp³-hybridized carbons (Fsp3) is 0.538. The number of halogens is 1. The van der Waals surface area contributed by atoms with Crippen molar-refractivity contribution in [2.24, 2.45) is 0 Å². The summed E-state index contributed by atoms with van der Waals surface area (Å²) in [4.78, 5) is 19.8. The number of amides is 1. The molecular formula is C39H51ClN2O10S. The smallest absolute Gasteiger partial charge is 0.254 e. The number of aliphatic hydroxyl groups is 6. The number of pyridine rings is 1. The molecule has 2 aliphatic carbocycles. The van der Waals surface area contributed by atoms with Gasteiger partial charge in [0.05, 0.1) is 44.7 Å². The summed E-state index contributed by atoms with van der Waals surface area (Å²) in [6.45, 7) is -0.136. The van der Waals surface area contributed by atoms with E-state index in [1.54, 1.807) is 11.8 Å². The van der Waals surface area contributed by atoms with E-state index in [0.717, 1.165) is 77.2 Å². The van der Waals surface area contributed by atoms with Crippen LogP contribution in [0, 0.1) is 0 Å². The Morgan fingerprint density at radius 3 is 2.49 bits per heavy atom. The first-order valence-corrected chi connectivity index (χ1v) is 19.6. The van der Waals surface area contributed by atoms with Gasteiger partial charge < -0.3 is 49.7 Å². The second-order valence-electron chi connectivity index (χ2n) is 13.5. The molecule has 2 fully saturated rings. The average Bonchev–Trinajstić information content (AvgIpc) is 4.13. The number of para-hydroxylation sites is 1. The van der Waals surface area contributed by atoms with Gasteiger partial charge in [0.2, 0.25) is 0 Å². The molecule has 6 N–H and O–H groups in total. The Labute approximate surface area is 319 Å². The maximum absolute atomic E-state index is 13.0. The van der Waals surface area contributed by atoms with Gasteiger partial charge in [0.25, 0.3) is 5.91 Å². The van der Waals surface area contributed by atoms with Crippen LogP contribution in [0.25, 0.3) is 11.1 Å². The summed E-state index contributed by atoms with van der Waals surface area (Å²) in [6.07, 6.45) is 2.53. The molecule has 5 rings (SSSR count). The number of thioether (sulfide) groups is 1. The van der Waals surface area contributed by atoms with E-state index in [4.69, 9.17) is 36.0 Å². The van der Waals surface area contributed by atoms with Gasteiger partial charge >= 0.3 is 0 Å². The zero-order valence-corrected chi connectivity index (χ0v) is 31.3. The Hall–Kier alpha value is -2.82. The van der Waals surface area contributed by atoms with Crippen LogP contribution >= 0.6 is 23.4 Å². The van der Waals surface area contributed by atoms with E-state index >= 15 is 0 Å². The van der Waals surface area contributed by atoms with E-state index in [-0.39, 0.29) is 39.0 Å². The van der Waals surface area contributed by atoms with Crippen molar-refractivity contribution in [2.45, 2.75) is 92.6 Å². The SMILES string of the molecule is O=C([C@@H](O)[C@@H](O)[C@H](O)[C@@H](O)CO)N(CCCCCSc1ccc(Cl)c(COC2(c3cnccc3-c3ccccc3OC3CC3)CC2)c1)CCOCCO. The molecule has 3 aromatic rings. The second kappa shape index (κ2) is 20.2. The lowest BCUT2D eigenvalue weighted by Crippen LogP contribution is -2.53. The fourth-order valence-corrected chi connectivity index (χ4v) is 7.17. The summed E-state index contributed by atoms with van der Waals surface area (Å²) in [5.74, 6) is 0.861. The third kappa shape index (κ3) is 11.6. The van der Waals surface area contributed by atoms with Crippen LogP contribution in [-0.4, -0.2) is 122 Å². The topological polar surface area (TPSA) is 182 Å². The second-order valence-corrected chi connectivity index (χ2v) is 15.1. The summed E-state index contributed by atoms with van der Waals surface area (Å²) in [6, 6.07) is 16.1. The number of unbranched alkanes of at least 4 members (excludes halogenated alkanes) is 2. The van der Waals surface area contributed by atoms with E-state index < -0.39 is 42.5 Å². The van der Waals surface area contributed by atoms with Crippen molar-refractivity contribution < 1.29 is 49.6 Å². The molecule has 0 unspecified atom stereocenters. The Morgan fingerprint density at radius 1 is 0.962 bits per heavy atom. The largest absolute Gasteiger partial charge is 0.490 e. The van der Waals surface area contributed by atoms with Gasteiger partial charge in [0.15, 0.2) is 6.10 Å². The fourth-order valence-electron chi connectivity index (χ4n) is 6.02. The average molecular weight is 775 g/mol. The number of hydrogen-bond donors (Lipinski definition) is 6. The van der Waals surface area contributed by atoms with Crippen LogP contribution in [0.4, 0.5) is 0 Å². The van der Waals surface area contributed by atoms with Gasteiger partial charge in [-0.15, -0.1) is 11.8 Å². The molecule has 0 spiro atoms. The minimum Gasteiger partial charge on any atom is -0.490 e. The van der Waals surface area contributed by atoms with Gasteiger partial charge in [0, 0.05) is 46.5 Å². The van der Waals surface area contributed by atoms with Crippen LogP contribution in [0.1, 0.15) is 56.1 Å². The van der Waals surface area contributed by atoms with E-state index in [1.165, 1.54) is 4.90 Å². The van der Waals surface area contributed by atoms with Gasteiger partial charge in [-0.3, -0.25) is 9.78 Å². The Bertz CT molecular complexity index is 1610. The van der Waals surface area contributed by atoms with Crippen LogP contribution in [0.3, 0.4) is 0 Å². The minimum atomic E-state index is -2.01. The molecule has 2 saturated carbocycles. The predicted octanol–water partition coefficient (Wildman–Crippen LogP) is 3.68. The highest BCUT2D eigenvalue weighted by Gasteiger charge is 2.48. The molecule has 0 radical (unpaired) electrons. The molecule has 14 heteroatoms. The zero-order valence-electron chi connectivity index (χ0n) is 29.8. The molecule has 2 aromatic carbocycles. The van der Waals surface area contributed by atoms with Crippen molar-refractivity contribution in [1.82, 2.24) is 9.88 Å². The number of carbonyl (C=O) groups is 1. The molecule has 0 bridgehead atoms. The Balaban J connectivity index is 1.12. The van der Waals surface area contributed by atoms with E-state index in [0.29, 0.717) is 18.1 Å². The van der Waals surface area contributed by atoms with Gasteiger partial charge in [-0.25, -0.2) is 0 Å². The zero-order chi connectivity index (χ0) is 37.8. The molecule has 0 aliphatic heterocycles. The van der Waals surface area contributed by atoms with Crippen molar-refractivity contribution in [3.63, 3.8) is 0 Å². The van der Waals surface area contributed by atoms with Gasteiger partial charge in [0.1, 0.15) is 24.1 Å². The van der Waals surface area contributed by atoms with E-state index in [1.807, 2.05) is 48.8 Å². The van der Waals surface area contributed by atoms with E-state index in [9.17, 15) is 25.2 Å². The molecule has 2 aliphatic rings. The molecule has 4 atom stereocenters. The maximum atomic E-state index is 13.0. The number of aromatic nitrogens is 1. The summed E-state index contributed by atoms with van der Waals surface area (Å²) < 4.78 is 18.2. The molecule has 1 heterocycles. The predicted molar refractivity (Wildman–Crippen MR) is 201 cm³/mol. The molecular weight excluding hydrogens is 724 g/mol. The number of hydrogen-bond acceptors (Lipinski definition) is 12. The van der Waals surface area contributed by atoms with Crippen LogP contribution in [0.15, 0.2) is 65.8 Å². The van der Waals surface area contributed by atoms with Gasteiger partial charge in [-0.05, 0) is 85.7 Å². The van der Waals surface area contributed by atoms with Crippen molar-refractivity contribution in [2.75, 3.05) is 45.3 Å². The summed E-state index contributed by atoms with van der Waals surface area (Å²) in [5, 5.41) is 58.9. The first-order chi connectivity index (χ1) is 25.7. The molecule has 53 heavy (non-hydrogen) atoms. The molecule has 1 amide bonds. The number of benzene rings is 2. The number of ether oxygens (including phenoxy) is 3. The quantitative estimate of drug-likeness (QED) is 0.0575. The van der Waals surface area contributed by atoms with Crippen LogP contribution in [0.2, 0.25) is 5.02 Å². The number of carbonyl (C=O) groups excluding carboxylic acids is 1. The number of rotatable bonds is 24. The van der Waals surface area contributed by atoms with Crippen molar-refractivity contribution >= 4 is 29.3 Å². The Morgan fingerprint density at radius 2 is 1.75 bits per heavy atom. The Kier molecular flexibility index (Phi) is 15.8. The minimum absolute atomic E-state index is 0.0852. The first kappa shape index (κ1) is 41.3. The molecule has 1 aromatic heterocycles. The normalized spacial score (nSPS) is 17.2. The highest BCUT2D eigenvalue weighted by atomic mass is 35.5. The lowest BCUT2D eigenvalue weighted by molar-refractivity contribution is -0.159. The van der Waals surface area contributed by atoms with Crippen LogP contribution in [0.5, 0.6) is 5.75 Å². The number of nitrogens with zero attached hydrogens (tertiary/aromatic N) is 2. The highest BCUT2D eigenvalue weighted by molar-refractivity contribution is 7.99. The standard InChI is InChI=1S/C39H51ClN2O10S/c40-32-11-10-28(53-21-5-1-4-16-42(17-19-50-20-18-43)38(49)37(48)36(47)35(46)33(45)24-44)22-26(32)25-51-39(13-14-39)31-23-41-15-12-29(31)30-6-2-3-7-34(30)52-27-8-9-27/h2-3,6-7,10-12,15,22-23,27,33,35-37,43-48H,1,4-5,8-9,13-14,16-21,24-25H2/t33-,35+,36-,37-/m0/s1. The van der Waals surface area contributed by atoms with Crippen LogP contribution < -0.4 is 4.74 Å². The lowest BCUT2D eigenvalue weighted by Gasteiger charge is -2.30. The molecule has 12 nitrogen and oxygen atoms in total. The van der Waals surface area contributed by atoms with Crippen molar-refractivity contribution in [3.8, 4) is 16.9 Å². The maximum Gasteiger partial charge on any atom is 0.254 e. The molecule has 0 saturated heterocycles. The van der Waals surface area contributed by atoms with Crippen molar-refractivity contribution in [1.29, 1.82) is 0 Å². The summed E-state index contributed by atoms with van der Waals surface area (Å²) in [7, 11) is 0. The monoisotopic (exact) mass is 774 g/mol. The van der Waals surface area contributed by atoms with Crippen LogP contribution in [-0.2, 0) is 26.5 Å². The lowest BCUT2D eigenvalue weighted by atomic mass is 9.96. The summed E-state index contributed by atoms with van der Waals surface area (Å²) >= 11 is 8.34.